The molecule has 0 aliphatic carbocycles. The Balaban J connectivity index is 1.61. The number of halogens is 1. The zero-order valence-corrected chi connectivity index (χ0v) is 17.5. The molecule has 0 spiro atoms. The van der Waals surface area contributed by atoms with Gasteiger partial charge in [-0.25, -0.2) is 4.39 Å². The summed E-state index contributed by atoms with van der Waals surface area (Å²) in [6.07, 6.45) is -1.15. The molecule has 0 saturated heterocycles. The first-order valence-corrected chi connectivity index (χ1v) is 11.2. The number of ketones is 1. The van der Waals surface area contributed by atoms with Gasteiger partial charge in [-0.2, -0.15) is 8.42 Å². The smallest absolute Gasteiger partial charge is 0.323 e. The monoisotopic (exact) mass is 463 g/mol. The molecule has 32 heavy (non-hydrogen) atoms. The minimum absolute atomic E-state index is 0.0502. The Morgan fingerprint density at radius 1 is 1.25 bits per heavy atom. The van der Waals surface area contributed by atoms with E-state index in [4.69, 9.17) is 14.0 Å². The molecule has 1 amide bonds. The van der Waals surface area contributed by atoms with E-state index in [2.05, 4.69) is 5.32 Å². The number of amides is 1. The first-order chi connectivity index (χ1) is 15.0. The van der Waals surface area contributed by atoms with Gasteiger partial charge in [-0.1, -0.05) is 24.3 Å². The molecule has 2 aromatic carbocycles. The number of hydrogen-bond acceptors (Lipinski definition) is 7. The largest absolute Gasteiger partial charge is 0.481 e. The van der Waals surface area contributed by atoms with E-state index in [9.17, 15) is 22.8 Å². The summed E-state index contributed by atoms with van der Waals surface area (Å²) in [5.41, 5.74) is 0.269. The van der Waals surface area contributed by atoms with Crippen LogP contribution in [0.5, 0.6) is 11.5 Å². The lowest BCUT2D eigenvalue weighted by Crippen LogP contribution is -2.40. The molecular weight excluding hydrogens is 445 g/mol. The van der Waals surface area contributed by atoms with E-state index in [-0.39, 0.29) is 17.8 Å². The summed E-state index contributed by atoms with van der Waals surface area (Å²) in [5.74, 6) is -5.32. The van der Waals surface area contributed by atoms with Crippen molar-refractivity contribution in [3.63, 3.8) is 0 Å². The Labute approximate surface area is 182 Å². The van der Waals surface area contributed by atoms with Crippen molar-refractivity contribution in [2.24, 2.45) is 0 Å². The van der Waals surface area contributed by atoms with Crippen molar-refractivity contribution >= 4 is 27.8 Å². The van der Waals surface area contributed by atoms with Crippen molar-refractivity contribution in [1.82, 2.24) is 5.32 Å². The first-order valence-electron chi connectivity index (χ1n) is 9.62. The van der Waals surface area contributed by atoms with Gasteiger partial charge in [0, 0.05) is 23.6 Å². The van der Waals surface area contributed by atoms with E-state index in [0.29, 0.717) is 11.3 Å². The number of benzene rings is 2. The third kappa shape index (κ3) is 4.08. The number of Topliss-reactive ketones (excluding diaryl/α,β-unsaturated/α-hetero) is 1. The fourth-order valence-corrected chi connectivity index (χ4v) is 4.56. The minimum atomic E-state index is -4.35. The standard InChI is InChI=1S/C21H18FNO8S/c1-10(9-32(27,28)29)23-20(25)13-7-6-12-16(21(26)31-18(12)17(13)22)19-14(24)8-11-4-2-3-5-15(11)30-19/h2-7,10,16,19H,8-9H2,1H3,(H,23,25)(H,27,28,29). The second-order valence-electron chi connectivity index (χ2n) is 7.66. The predicted octanol–water partition coefficient (Wildman–Crippen LogP) is 1.41. The number of rotatable bonds is 5. The Morgan fingerprint density at radius 3 is 2.69 bits per heavy atom. The lowest BCUT2D eigenvalue weighted by molar-refractivity contribution is -0.141. The van der Waals surface area contributed by atoms with Crippen LogP contribution in [-0.2, 0) is 26.1 Å². The lowest BCUT2D eigenvalue weighted by Gasteiger charge is -2.27. The van der Waals surface area contributed by atoms with E-state index in [0.717, 1.165) is 6.07 Å². The average molecular weight is 463 g/mol. The van der Waals surface area contributed by atoms with E-state index in [1.54, 1.807) is 24.3 Å². The maximum atomic E-state index is 15.0. The van der Waals surface area contributed by atoms with Crippen LogP contribution in [-0.4, -0.2) is 48.5 Å². The van der Waals surface area contributed by atoms with Gasteiger partial charge in [-0.3, -0.25) is 18.9 Å². The molecule has 9 nitrogen and oxygen atoms in total. The van der Waals surface area contributed by atoms with Crippen molar-refractivity contribution < 1.29 is 41.2 Å². The number of esters is 1. The molecule has 0 aromatic heterocycles. The highest BCUT2D eigenvalue weighted by Crippen LogP contribution is 2.43. The maximum absolute atomic E-state index is 15.0. The van der Waals surface area contributed by atoms with E-state index in [1.807, 2.05) is 0 Å². The number of nitrogens with one attached hydrogen (secondary N) is 1. The van der Waals surface area contributed by atoms with Gasteiger partial charge in [0.05, 0.1) is 11.3 Å². The van der Waals surface area contributed by atoms with Gasteiger partial charge in [-0.05, 0) is 19.1 Å². The number of hydrogen-bond donors (Lipinski definition) is 2. The van der Waals surface area contributed by atoms with Crippen LogP contribution in [0, 0.1) is 5.82 Å². The second kappa shape index (κ2) is 7.99. The van der Waals surface area contributed by atoms with E-state index in [1.165, 1.54) is 13.0 Å². The van der Waals surface area contributed by atoms with Crippen LogP contribution < -0.4 is 14.8 Å². The minimum Gasteiger partial charge on any atom is -0.481 e. The molecule has 168 valence electrons. The number of carbonyl (C=O) groups excluding carboxylic acids is 3. The van der Waals surface area contributed by atoms with Crippen molar-refractivity contribution in [2.75, 3.05) is 5.75 Å². The van der Waals surface area contributed by atoms with Gasteiger partial charge >= 0.3 is 5.97 Å². The van der Waals surface area contributed by atoms with Crippen LogP contribution in [0.25, 0.3) is 0 Å². The Bertz CT molecular complexity index is 1240. The van der Waals surface area contributed by atoms with Crippen LogP contribution in [0.2, 0.25) is 0 Å². The van der Waals surface area contributed by atoms with Crippen LogP contribution in [0.1, 0.15) is 34.3 Å². The molecule has 2 aromatic rings. The molecule has 0 bridgehead atoms. The molecule has 0 fully saturated rings. The third-order valence-electron chi connectivity index (χ3n) is 5.21. The highest BCUT2D eigenvalue weighted by Gasteiger charge is 2.47. The predicted molar refractivity (Wildman–Crippen MR) is 108 cm³/mol. The number of carbonyl (C=O) groups is 3. The van der Waals surface area contributed by atoms with Crippen LogP contribution in [0.3, 0.4) is 0 Å². The average Bonchev–Trinajstić information content (AvgIpc) is 3.03. The molecule has 2 heterocycles. The maximum Gasteiger partial charge on any atom is 0.323 e. The van der Waals surface area contributed by atoms with Crippen molar-refractivity contribution in [2.45, 2.75) is 31.4 Å². The molecular formula is C21H18FNO8S. The molecule has 3 unspecified atom stereocenters. The Hall–Kier alpha value is -3.31. The summed E-state index contributed by atoms with van der Waals surface area (Å²) in [4.78, 5) is 37.5. The van der Waals surface area contributed by atoms with Gasteiger partial charge in [0.25, 0.3) is 16.0 Å². The molecule has 0 radical (unpaired) electrons. The molecule has 0 saturated carbocycles. The number of para-hydroxylation sites is 1. The number of ether oxygens (including phenoxy) is 2. The fourth-order valence-electron chi connectivity index (χ4n) is 3.84. The van der Waals surface area contributed by atoms with Gasteiger partial charge in [-0.15, -0.1) is 0 Å². The highest BCUT2D eigenvalue weighted by atomic mass is 32.2. The van der Waals surface area contributed by atoms with E-state index < -0.39 is 62.9 Å². The molecule has 2 aliphatic rings. The van der Waals surface area contributed by atoms with Crippen molar-refractivity contribution in [3.05, 3.63) is 58.9 Å². The van der Waals surface area contributed by atoms with Gasteiger partial charge in [0.15, 0.2) is 23.5 Å². The quantitative estimate of drug-likeness (QED) is 0.386. The summed E-state index contributed by atoms with van der Waals surface area (Å²) >= 11 is 0. The van der Waals surface area contributed by atoms with Crippen LogP contribution in [0.4, 0.5) is 4.39 Å². The Morgan fingerprint density at radius 2 is 1.97 bits per heavy atom. The molecule has 4 rings (SSSR count). The highest BCUT2D eigenvalue weighted by molar-refractivity contribution is 7.85. The SMILES string of the molecule is CC(CS(=O)(=O)O)NC(=O)c1ccc2c(c1F)OC(=O)C2C1Oc2ccccc2CC1=O. The van der Waals surface area contributed by atoms with Gasteiger partial charge in [0.2, 0.25) is 0 Å². The summed E-state index contributed by atoms with van der Waals surface area (Å²) in [6, 6.07) is 8.28. The van der Waals surface area contributed by atoms with Crippen LogP contribution >= 0.6 is 0 Å². The summed E-state index contributed by atoms with van der Waals surface area (Å²) < 4.78 is 56.6. The zero-order valence-electron chi connectivity index (χ0n) is 16.7. The summed E-state index contributed by atoms with van der Waals surface area (Å²) in [6.45, 7) is 1.32. The second-order valence-corrected chi connectivity index (χ2v) is 9.15. The zero-order chi connectivity index (χ0) is 23.2. The van der Waals surface area contributed by atoms with Gasteiger partial charge in [0.1, 0.15) is 11.7 Å². The summed E-state index contributed by atoms with van der Waals surface area (Å²) in [7, 11) is -4.35. The summed E-state index contributed by atoms with van der Waals surface area (Å²) in [5, 5.41) is 2.25. The molecule has 2 aliphatic heterocycles. The van der Waals surface area contributed by atoms with Crippen LogP contribution in [0.15, 0.2) is 36.4 Å². The molecule has 3 atom stereocenters. The normalized spacial score (nSPS) is 20.6. The molecule has 2 N–H and O–H groups in total. The lowest BCUT2D eigenvalue weighted by atomic mass is 9.87. The fraction of sp³-hybridized carbons (Fsp3) is 0.286. The van der Waals surface area contributed by atoms with Crippen molar-refractivity contribution in [3.8, 4) is 11.5 Å². The Kier molecular flexibility index (Phi) is 5.47. The van der Waals surface area contributed by atoms with Gasteiger partial charge < -0.3 is 14.8 Å². The number of fused-ring (bicyclic) bond motifs is 2. The first kappa shape index (κ1) is 21.9. The van der Waals surface area contributed by atoms with Crippen molar-refractivity contribution in [1.29, 1.82) is 0 Å². The van der Waals surface area contributed by atoms with E-state index >= 15 is 4.39 Å². The third-order valence-corrected chi connectivity index (χ3v) is 6.13. The topological polar surface area (TPSA) is 136 Å². The molecule has 11 heteroatoms.